The van der Waals surface area contributed by atoms with Crippen LogP contribution in [0, 0.1) is 5.82 Å². The second kappa shape index (κ2) is 7.34. The van der Waals surface area contributed by atoms with E-state index in [2.05, 4.69) is 5.32 Å². The molecule has 2 aromatic rings. The summed E-state index contributed by atoms with van der Waals surface area (Å²) in [6.45, 7) is 0.482. The number of hydrogen-bond donors (Lipinski definition) is 1. The maximum absolute atomic E-state index is 13.4. The number of likely N-dealkylation sites (tertiary alicyclic amines) is 1. The van der Waals surface area contributed by atoms with Crippen molar-refractivity contribution in [1.29, 1.82) is 0 Å². The van der Waals surface area contributed by atoms with Crippen LogP contribution in [0.15, 0.2) is 48.5 Å². The lowest BCUT2D eigenvalue weighted by Crippen LogP contribution is -2.43. The van der Waals surface area contributed by atoms with E-state index in [9.17, 15) is 14.0 Å². The highest BCUT2D eigenvalue weighted by atomic mass is 19.1. The Hall–Kier alpha value is -2.89. The van der Waals surface area contributed by atoms with Crippen molar-refractivity contribution in [3.05, 3.63) is 59.9 Å². The van der Waals surface area contributed by atoms with Gasteiger partial charge in [-0.05, 0) is 55.3 Å². The van der Waals surface area contributed by atoms with Crippen LogP contribution in [-0.2, 0) is 4.79 Å². The summed E-state index contributed by atoms with van der Waals surface area (Å²) in [5.41, 5.74) is 0.889. The van der Waals surface area contributed by atoms with Gasteiger partial charge in [0.25, 0.3) is 5.91 Å². The minimum absolute atomic E-state index is 0.243. The number of methoxy groups -OCH3 is 1. The van der Waals surface area contributed by atoms with E-state index in [4.69, 9.17) is 4.74 Å². The third-order valence-electron chi connectivity index (χ3n) is 4.25. The van der Waals surface area contributed by atoms with Gasteiger partial charge in [-0.2, -0.15) is 0 Å². The zero-order valence-electron chi connectivity index (χ0n) is 13.9. The van der Waals surface area contributed by atoms with Crippen molar-refractivity contribution in [3.63, 3.8) is 0 Å². The summed E-state index contributed by atoms with van der Waals surface area (Å²) in [6.07, 6.45) is 1.32. The Balaban J connectivity index is 1.71. The molecule has 0 bridgehead atoms. The maximum Gasteiger partial charge on any atom is 0.254 e. The van der Waals surface area contributed by atoms with E-state index in [1.165, 1.54) is 23.1 Å². The quantitative estimate of drug-likeness (QED) is 0.929. The van der Waals surface area contributed by atoms with Gasteiger partial charge < -0.3 is 15.0 Å². The minimum atomic E-state index is -0.558. The van der Waals surface area contributed by atoms with E-state index in [0.717, 1.165) is 6.42 Å². The fraction of sp³-hybridized carbons (Fsp3) is 0.263. The molecule has 130 valence electrons. The van der Waals surface area contributed by atoms with E-state index in [1.807, 2.05) is 0 Å². The van der Waals surface area contributed by atoms with Crippen molar-refractivity contribution in [1.82, 2.24) is 4.90 Å². The number of benzene rings is 2. The number of anilines is 1. The number of ether oxygens (including phenoxy) is 1. The van der Waals surface area contributed by atoms with E-state index < -0.39 is 11.9 Å². The monoisotopic (exact) mass is 342 g/mol. The SMILES string of the molecule is COc1ccc(NC(=O)[C@H]2CCCN2C(=O)c2cccc(F)c2)cc1. The summed E-state index contributed by atoms with van der Waals surface area (Å²) in [5.74, 6) is -0.342. The molecule has 0 aromatic heterocycles. The lowest BCUT2D eigenvalue weighted by molar-refractivity contribution is -0.119. The standard InChI is InChI=1S/C19H19FN2O3/c1-25-16-9-7-15(8-10-16)21-18(23)17-6-3-11-22(17)19(24)13-4-2-5-14(20)12-13/h2,4-5,7-10,12,17H,3,6,11H2,1H3,(H,21,23)/t17-/m1/s1. The number of nitrogens with one attached hydrogen (secondary N) is 1. The van der Waals surface area contributed by atoms with Gasteiger partial charge in [-0.15, -0.1) is 0 Å². The predicted octanol–water partition coefficient (Wildman–Crippen LogP) is 3.08. The smallest absolute Gasteiger partial charge is 0.254 e. The van der Waals surface area contributed by atoms with Crippen molar-refractivity contribution in [2.45, 2.75) is 18.9 Å². The van der Waals surface area contributed by atoms with Crippen LogP contribution in [0.4, 0.5) is 10.1 Å². The van der Waals surface area contributed by atoms with Gasteiger partial charge in [-0.25, -0.2) is 4.39 Å². The number of rotatable bonds is 4. The fourth-order valence-corrected chi connectivity index (χ4v) is 2.97. The minimum Gasteiger partial charge on any atom is -0.497 e. The largest absolute Gasteiger partial charge is 0.497 e. The fourth-order valence-electron chi connectivity index (χ4n) is 2.97. The third-order valence-corrected chi connectivity index (χ3v) is 4.25. The first-order valence-corrected chi connectivity index (χ1v) is 8.10. The molecule has 1 atom stereocenters. The van der Waals surface area contributed by atoms with E-state index in [1.54, 1.807) is 37.4 Å². The molecule has 2 amide bonds. The highest BCUT2D eigenvalue weighted by Gasteiger charge is 2.34. The normalized spacial score (nSPS) is 16.6. The highest BCUT2D eigenvalue weighted by molar-refractivity contribution is 6.01. The molecule has 0 aliphatic carbocycles. The van der Waals surface area contributed by atoms with Crippen LogP contribution in [0.2, 0.25) is 0 Å². The molecular weight excluding hydrogens is 323 g/mol. The third kappa shape index (κ3) is 3.79. The van der Waals surface area contributed by atoms with Gasteiger partial charge in [0.2, 0.25) is 5.91 Å². The van der Waals surface area contributed by atoms with Gasteiger partial charge in [0.15, 0.2) is 0 Å². The van der Waals surface area contributed by atoms with Crippen molar-refractivity contribution >= 4 is 17.5 Å². The van der Waals surface area contributed by atoms with Crippen LogP contribution < -0.4 is 10.1 Å². The lowest BCUT2D eigenvalue weighted by Gasteiger charge is -2.24. The zero-order valence-corrected chi connectivity index (χ0v) is 13.9. The van der Waals surface area contributed by atoms with Gasteiger partial charge in [0.05, 0.1) is 7.11 Å². The predicted molar refractivity (Wildman–Crippen MR) is 92.1 cm³/mol. The molecule has 1 saturated heterocycles. The number of amides is 2. The molecule has 1 aliphatic rings. The van der Waals surface area contributed by atoms with Crippen LogP contribution in [-0.4, -0.2) is 36.4 Å². The van der Waals surface area contributed by atoms with Gasteiger partial charge in [0.1, 0.15) is 17.6 Å². The Morgan fingerprint density at radius 2 is 1.96 bits per heavy atom. The number of carbonyl (C=O) groups excluding carboxylic acids is 2. The van der Waals surface area contributed by atoms with Crippen LogP contribution in [0.3, 0.4) is 0 Å². The Kier molecular flexibility index (Phi) is 4.97. The molecule has 0 radical (unpaired) electrons. The summed E-state index contributed by atoms with van der Waals surface area (Å²) in [7, 11) is 1.57. The Morgan fingerprint density at radius 3 is 2.64 bits per heavy atom. The molecular formula is C19H19FN2O3. The molecule has 1 N–H and O–H groups in total. The molecule has 1 heterocycles. The van der Waals surface area contributed by atoms with Gasteiger partial charge in [-0.1, -0.05) is 6.07 Å². The van der Waals surface area contributed by atoms with Crippen molar-refractivity contribution in [2.75, 3.05) is 19.0 Å². The topological polar surface area (TPSA) is 58.6 Å². The number of carbonyl (C=O) groups is 2. The summed E-state index contributed by atoms with van der Waals surface area (Å²) in [6, 6.07) is 12.0. The van der Waals surface area contributed by atoms with Crippen LogP contribution >= 0.6 is 0 Å². The summed E-state index contributed by atoms with van der Waals surface area (Å²) in [4.78, 5) is 26.7. The molecule has 1 aliphatic heterocycles. The van der Waals surface area contributed by atoms with Crippen molar-refractivity contribution in [2.24, 2.45) is 0 Å². The first-order valence-electron chi connectivity index (χ1n) is 8.10. The molecule has 3 rings (SSSR count). The molecule has 0 saturated carbocycles. The van der Waals surface area contributed by atoms with Crippen LogP contribution in [0.5, 0.6) is 5.75 Å². The molecule has 1 fully saturated rings. The molecule has 0 spiro atoms. The van der Waals surface area contributed by atoms with Crippen LogP contribution in [0.25, 0.3) is 0 Å². The molecule has 2 aromatic carbocycles. The Bertz CT molecular complexity index is 776. The molecule has 6 heteroatoms. The number of nitrogens with zero attached hydrogens (tertiary/aromatic N) is 1. The Morgan fingerprint density at radius 1 is 1.20 bits per heavy atom. The highest BCUT2D eigenvalue weighted by Crippen LogP contribution is 2.23. The Labute approximate surface area is 145 Å². The zero-order chi connectivity index (χ0) is 17.8. The van der Waals surface area contributed by atoms with Gasteiger partial charge >= 0.3 is 0 Å². The van der Waals surface area contributed by atoms with E-state index >= 15 is 0 Å². The van der Waals surface area contributed by atoms with Gasteiger partial charge in [-0.3, -0.25) is 9.59 Å². The lowest BCUT2D eigenvalue weighted by atomic mass is 10.1. The maximum atomic E-state index is 13.4. The average Bonchev–Trinajstić information content (AvgIpc) is 3.11. The molecule has 5 nitrogen and oxygen atoms in total. The van der Waals surface area contributed by atoms with Crippen molar-refractivity contribution in [3.8, 4) is 5.75 Å². The van der Waals surface area contributed by atoms with Gasteiger partial charge in [0, 0.05) is 17.8 Å². The van der Waals surface area contributed by atoms with Crippen molar-refractivity contribution < 1.29 is 18.7 Å². The number of halogens is 1. The second-order valence-corrected chi connectivity index (χ2v) is 5.88. The van der Waals surface area contributed by atoms with Crippen LogP contribution in [0.1, 0.15) is 23.2 Å². The summed E-state index contributed by atoms with van der Waals surface area (Å²) in [5, 5.41) is 2.82. The van der Waals surface area contributed by atoms with E-state index in [-0.39, 0.29) is 17.4 Å². The van der Waals surface area contributed by atoms with E-state index in [0.29, 0.717) is 24.4 Å². The number of hydrogen-bond acceptors (Lipinski definition) is 3. The second-order valence-electron chi connectivity index (χ2n) is 5.88. The average molecular weight is 342 g/mol. The first-order chi connectivity index (χ1) is 12.1. The molecule has 0 unspecified atom stereocenters. The summed E-state index contributed by atoms with van der Waals surface area (Å²) < 4.78 is 18.4. The first kappa shape index (κ1) is 17.0. The molecule has 25 heavy (non-hydrogen) atoms. The summed E-state index contributed by atoms with van der Waals surface area (Å²) >= 11 is 0.